The lowest BCUT2D eigenvalue weighted by atomic mass is 10.2. The van der Waals surface area contributed by atoms with Crippen LogP contribution in [0.3, 0.4) is 0 Å². The fourth-order valence-electron chi connectivity index (χ4n) is 1.56. The van der Waals surface area contributed by atoms with E-state index < -0.39 is 0 Å². The molecule has 0 aliphatic heterocycles. The quantitative estimate of drug-likeness (QED) is 0.876. The maximum Gasteiger partial charge on any atom is 0.0703 e. The summed E-state index contributed by atoms with van der Waals surface area (Å²) < 4.78 is 3.14. The van der Waals surface area contributed by atoms with E-state index in [-0.39, 0.29) is 0 Å². The third kappa shape index (κ3) is 3.50. The Hall–Kier alpha value is -0.0000000000000000763. The monoisotopic (exact) mass is 305 g/mol. The lowest BCUT2D eigenvalue weighted by Crippen LogP contribution is -2.23. The van der Waals surface area contributed by atoms with Crippen LogP contribution in [0.15, 0.2) is 10.7 Å². The SMILES string of the molecule is CCn1ncc(Br)c1C(CSC(C)C)NC. The first-order chi connectivity index (χ1) is 7.60. The van der Waals surface area contributed by atoms with Gasteiger partial charge in [-0.05, 0) is 35.2 Å². The van der Waals surface area contributed by atoms with Crippen molar-refractivity contribution in [1.29, 1.82) is 0 Å². The summed E-state index contributed by atoms with van der Waals surface area (Å²) in [5.41, 5.74) is 1.25. The number of aromatic nitrogens is 2. The maximum absolute atomic E-state index is 4.35. The molecule has 5 heteroatoms. The van der Waals surface area contributed by atoms with Crippen LogP contribution in [0.25, 0.3) is 0 Å². The maximum atomic E-state index is 4.35. The molecule has 0 radical (unpaired) electrons. The molecule has 0 saturated heterocycles. The van der Waals surface area contributed by atoms with Crippen molar-refractivity contribution in [2.45, 2.75) is 38.6 Å². The first-order valence-corrected chi connectivity index (χ1v) is 7.44. The Labute approximate surface area is 110 Å². The summed E-state index contributed by atoms with van der Waals surface area (Å²) in [6.07, 6.45) is 1.88. The van der Waals surface area contributed by atoms with E-state index in [0.29, 0.717) is 11.3 Å². The molecule has 0 aromatic carbocycles. The van der Waals surface area contributed by atoms with Gasteiger partial charge < -0.3 is 5.32 Å². The number of nitrogens with zero attached hydrogens (tertiary/aromatic N) is 2. The van der Waals surface area contributed by atoms with Crippen LogP contribution in [0.5, 0.6) is 0 Å². The molecule has 1 aromatic rings. The molecule has 1 rings (SSSR count). The zero-order valence-corrected chi connectivity index (χ0v) is 12.7. The van der Waals surface area contributed by atoms with Gasteiger partial charge in [-0.3, -0.25) is 4.68 Å². The molecule has 0 bridgehead atoms. The van der Waals surface area contributed by atoms with E-state index in [1.54, 1.807) is 0 Å². The van der Waals surface area contributed by atoms with Gasteiger partial charge in [0.25, 0.3) is 0 Å². The minimum absolute atomic E-state index is 0.351. The van der Waals surface area contributed by atoms with E-state index in [2.05, 4.69) is 47.1 Å². The molecule has 0 aliphatic carbocycles. The van der Waals surface area contributed by atoms with E-state index in [1.807, 2.05) is 29.7 Å². The third-order valence-corrected chi connectivity index (χ3v) is 4.21. The average Bonchev–Trinajstić information content (AvgIpc) is 2.61. The van der Waals surface area contributed by atoms with Gasteiger partial charge >= 0.3 is 0 Å². The molecule has 0 aliphatic rings. The average molecular weight is 306 g/mol. The van der Waals surface area contributed by atoms with Crippen molar-refractivity contribution in [2.75, 3.05) is 12.8 Å². The Morgan fingerprint density at radius 3 is 2.75 bits per heavy atom. The molecule has 0 spiro atoms. The summed E-state index contributed by atoms with van der Waals surface area (Å²) in [5.74, 6) is 1.07. The second-order valence-corrected chi connectivity index (χ2v) is 6.38. The Morgan fingerprint density at radius 2 is 2.25 bits per heavy atom. The first-order valence-electron chi connectivity index (χ1n) is 5.60. The van der Waals surface area contributed by atoms with Crippen LogP contribution in [-0.2, 0) is 6.54 Å². The molecule has 3 nitrogen and oxygen atoms in total. The molecular formula is C11H20BrN3S. The van der Waals surface area contributed by atoms with Gasteiger partial charge in [-0.25, -0.2) is 0 Å². The normalized spacial score (nSPS) is 13.4. The highest BCUT2D eigenvalue weighted by atomic mass is 79.9. The molecule has 0 amide bonds. The third-order valence-electron chi connectivity index (χ3n) is 2.41. The van der Waals surface area contributed by atoms with E-state index in [4.69, 9.17) is 0 Å². The van der Waals surface area contributed by atoms with Gasteiger partial charge in [0, 0.05) is 12.3 Å². The Balaban J connectivity index is 2.81. The summed E-state index contributed by atoms with van der Waals surface area (Å²) in [5, 5.41) is 8.37. The molecule has 1 aromatic heterocycles. The summed E-state index contributed by atoms with van der Waals surface area (Å²) >= 11 is 5.54. The first kappa shape index (κ1) is 14.1. The van der Waals surface area contributed by atoms with E-state index >= 15 is 0 Å². The van der Waals surface area contributed by atoms with Crippen molar-refractivity contribution >= 4 is 27.7 Å². The van der Waals surface area contributed by atoms with Crippen LogP contribution in [0, 0.1) is 0 Å². The Bertz CT molecular complexity index is 325. The van der Waals surface area contributed by atoms with Gasteiger partial charge in [-0.15, -0.1) is 0 Å². The zero-order valence-electron chi connectivity index (χ0n) is 10.3. The molecule has 0 saturated carbocycles. The number of halogens is 1. The van der Waals surface area contributed by atoms with Crippen molar-refractivity contribution in [3.8, 4) is 0 Å². The molecule has 1 heterocycles. The molecule has 0 fully saturated rings. The van der Waals surface area contributed by atoms with Crippen LogP contribution in [0.1, 0.15) is 32.5 Å². The van der Waals surface area contributed by atoms with E-state index in [9.17, 15) is 0 Å². The van der Waals surface area contributed by atoms with E-state index in [0.717, 1.165) is 16.8 Å². The van der Waals surface area contributed by atoms with Crippen molar-refractivity contribution in [3.05, 3.63) is 16.4 Å². The number of rotatable bonds is 6. The smallest absolute Gasteiger partial charge is 0.0703 e. The fraction of sp³-hybridized carbons (Fsp3) is 0.727. The van der Waals surface area contributed by atoms with Gasteiger partial charge in [0.15, 0.2) is 0 Å². The molecule has 1 N–H and O–H groups in total. The topological polar surface area (TPSA) is 29.9 Å². The van der Waals surface area contributed by atoms with Gasteiger partial charge in [0.05, 0.1) is 22.4 Å². The number of aryl methyl sites for hydroxylation is 1. The van der Waals surface area contributed by atoms with E-state index in [1.165, 1.54) is 5.69 Å². The summed E-state index contributed by atoms with van der Waals surface area (Å²) in [7, 11) is 2.00. The van der Waals surface area contributed by atoms with Gasteiger partial charge in [0.2, 0.25) is 0 Å². The predicted molar refractivity (Wildman–Crippen MR) is 75.0 cm³/mol. The summed E-state index contributed by atoms with van der Waals surface area (Å²) in [4.78, 5) is 0. The van der Waals surface area contributed by atoms with Crippen molar-refractivity contribution in [3.63, 3.8) is 0 Å². The second-order valence-electron chi connectivity index (χ2n) is 3.92. The van der Waals surface area contributed by atoms with Crippen molar-refractivity contribution < 1.29 is 0 Å². The highest BCUT2D eigenvalue weighted by Crippen LogP contribution is 2.27. The number of thioether (sulfide) groups is 1. The number of nitrogens with one attached hydrogen (secondary N) is 1. The minimum Gasteiger partial charge on any atom is -0.311 e. The lowest BCUT2D eigenvalue weighted by Gasteiger charge is -2.19. The van der Waals surface area contributed by atoms with Crippen molar-refractivity contribution in [2.24, 2.45) is 0 Å². The van der Waals surface area contributed by atoms with Crippen LogP contribution in [-0.4, -0.2) is 27.8 Å². The van der Waals surface area contributed by atoms with Crippen LogP contribution < -0.4 is 5.32 Å². The largest absolute Gasteiger partial charge is 0.311 e. The van der Waals surface area contributed by atoms with Gasteiger partial charge in [0.1, 0.15) is 0 Å². The fourth-order valence-corrected chi connectivity index (χ4v) is 3.03. The highest BCUT2D eigenvalue weighted by molar-refractivity contribution is 9.10. The zero-order chi connectivity index (χ0) is 12.1. The van der Waals surface area contributed by atoms with Gasteiger partial charge in [-0.1, -0.05) is 13.8 Å². The standard InChI is InChI=1S/C11H20BrN3S/c1-5-15-11(9(12)6-14-15)10(13-4)7-16-8(2)3/h6,8,10,13H,5,7H2,1-4H3. The van der Waals surface area contributed by atoms with Crippen LogP contribution in [0.2, 0.25) is 0 Å². The predicted octanol–water partition coefficient (Wildman–Crippen LogP) is 3.07. The van der Waals surface area contributed by atoms with Gasteiger partial charge in [-0.2, -0.15) is 16.9 Å². The molecule has 16 heavy (non-hydrogen) atoms. The Kier molecular flexibility index (Phi) is 5.86. The lowest BCUT2D eigenvalue weighted by molar-refractivity contribution is 0.547. The summed E-state index contributed by atoms with van der Waals surface area (Å²) in [6.45, 7) is 7.48. The molecule has 1 atom stereocenters. The molecule has 92 valence electrons. The van der Waals surface area contributed by atoms with Crippen molar-refractivity contribution in [1.82, 2.24) is 15.1 Å². The van der Waals surface area contributed by atoms with Crippen LogP contribution >= 0.6 is 27.7 Å². The van der Waals surface area contributed by atoms with Crippen LogP contribution in [0.4, 0.5) is 0 Å². The second kappa shape index (κ2) is 6.67. The Morgan fingerprint density at radius 1 is 1.56 bits per heavy atom. The summed E-state index contributed by atoms with van der Waals surface area (Å²) in [6, 6.07) is 0.351. The number of hydrogen-bond acceptors (Lipinski definition) is 3. The molecule has 1 unspecified atom stereocenters. The number of hydrogen-bond donors (Lipinski definition) is 1. The highest BCUT2D eigenvalue weighted by Gasteiger charge is 2.18. The minimum atomic E-state index is 0.351. The molecular weight excluding hydrogens is 286 g/mol.